The average molecular weight is 296 g/mol. The Balaban J connectivity index is 1.78. The van der Waals surface area contributed by atoms with Crippen LogP contribution >= 0.6 is 0 Å². The summed E-state index contributed by atoms with van der Waals surface area (Å²) < 4.78 is 5.00. The zero-order valence-electron chi connectivity index (χ0n) is 12.6. The van der Waals surface area contributed by atoms with Crippen LogP contribution in [0, 0.1) is 20.8 Å². The van der Waals surface area contributed by atoms with Crippen LogP contribution in [0.1, 0.15) is 16.9 Å². The van der Waals surface area contributed by atoms with Gasteiger partial charge in [0.15, 0.2) is 11.6 Å². The fourth-order valence-electron chi connectivity index (χ4n) is 2.15. The Hall–Kier alpha value is -2.96. The second-order valence-electron chi connectivity index (χ2n) is 5.11. The predicted molar refractivity (Wildman–Crippen MR) is 83.5 cm³/mol. The highest BCUT2D eigenvalue weighted by Crippen LogP contribution is 2.18. The van der Waals surface area contributed by atoms with E-state index in [2.05, 4.69) is 37.0 Å². The third kappa shape index (κ3) is 3.38. The van der Waals surface area contributed by atoms with Gasteiger partial charge in [0.05, 0.1) is 6.20 Å². The lowest BCUT2D eigenvalue weighted by molar-refractivity contribution is 0.400. The van der Waals surface area contributed by atoms with E-state index in [1.54, 1.807) is 6.07 Å². The Labute approximate surface area is 127 Å². The standard InChI is InChI=1S/C15H16N6O/c1-9-4-10(2)6-12(5-9)17-15-19-14(8-16-20-15)18-13-7-11(3)22-21-13/h4-8H,1-3H3,(H2,17,18,19,20,21). The molecule has 112 valence electrons. The summed E-state index contributed by atoms with van der Waals surface area (Å²) in [6, 6.07) is 7.93. The van der Waals surface area contributed by atoms with Crippen LogP contribution in [-0.4, -0.2) is 20.3 Å². The van der Waals surface area contributed by atoms with Crippen LogP contribution in [0.3, 0.4) is 0 Å². The van der Waals surface area contributed by atoms with Crippen LogP contribution in [0.5, 0.6) is 0 Å². The summed E-state index contributed by atoms with van der Waals surface area (Å²) in [6.07, 6.45) is 1.52. The minimum atomic E-state index is 0.412. The van der Waals surface area contributed by atoms with Gasteiger partial charge in [-0.15, -0.1) is 5.10 Å². The van der Waals surface area contributed by atoms with Crippen LogP contribution in [0.4, 0.5) is 23.3 Å². The van der Waals surface area contributed by atoms with E-state index >= 15 is 0 Å². The minimum Gasteiger partial charge on any atom is -0.360 e. The van der Waals surface area contributed by atoms with E-state index in [-0.39, 0.29) is 0 Å². The van der Waals surface area contributed by atoms with Crippen molar-refractivity contribution < 1.29 is 4.52 Å². The van der Waals surface area contributed by atoms with Gasteiger partial charge < -0.3 is 15.2 Å². The Morgan fingerprint density at radius 3 is 2.36 bits per heavy atom. The zero-order chi connectivity index (χ0) is 15.5. The van der Waals surface area contributed by atoms with Gasteiger partial charge in [0.1, 0.15) is 5.76 Å². The summed E-state index contributed by atoms with van der Waals surface area (Å²) in [5.74, 6) is 2.25. The van der Waals surface area contributed by atoms with E-state index < -0.39 is 0 Å². The molecule has 2 heterocycles. The van der Waals surface area contributed by atoms with Gasteiger partial charge >= 0.3 is 0 Å². The molecule has 3 aromatic rings. The molecule has 22 heavy (non-hydrogen) atoms. The highest BCUT2D eigenvalue weighted by Gasteiger charge is 2.05. The lowest BCUT2D eigenvalue weighted by Gasteiger charge is -2.07. The summed E-state index contributed by atoms with van der Waals surface area (Å²) in [4.78, 5) is 4.35. The largest absolute Gasteiger partial charge is 0.360 e. The van der Waals surface area contributed by atoms with Crippen molar-refractivity contribution in [3.8, 4) is 0 Å². The first-order valence-corrected chi connectivity index (χ1v) is 6.84. The molecule has 0 bridgehead atoms. The smallest absolute Gasteiger partial charge is 0.249 e. The molecule has 0 fully saturated rings. The molecular weight excluding hydrogens is 280 g/mol. The molecule has 0 saturated heterocycles. The van der Waals surface area contributed by atoms with E-state index in [9.17, 15) is 0 Å². The van der Waals surface area contributed by atoms with Gasteiger partial charge in [-0.3, -0.25) is 0 Å². The number of aromatic nitrogens is 4. The van der Waals surface area contributed by atoms with Crippen LogP contribution in [0.25, 0.3) is 0 Å². The molecule has 0 saturated carbocycles. The van der Waals surface area contributed by atoms with E-state index in [0.29, 0.717) is 17.6 Å². The van der Waals surface area contributed by atoms with Gasteiger partial charge in [0.2, 0.25) is 5.95 Å². The van der Waals surface area contributed by atoms with Gasteiger partial charge in [-0.05, 0) is 44.0 Å². The zero-order valence-corrected chi connectivity index (χ0v) is 12.6. The van der Waals surface area contributed by atoms with Crippen molar-refractivity contribution in [3.63, 3.8) is 0 Å². The Bertz CT molecular complexity index is 778. The molecule has 0 radical (unpaired) electrons. The molecule has 0 aliphatic heterocycles. The number of nitrogens with one attached hydrogen (secondary N) is 2. The highest BCUT2D eigenvalue weighted by molar-refractivity contribution is 5.58. The van der Waals surface area contributed by atoms with Crippen molar-refractivity contribution in [2.75, 3.05) is 10.6 Å². The number of hydrogen-bond acceptors (Lipinski definition) is 7. The third-order valence-electron chi connectivity index (χ3n) is 2.92. The van der Waals surface area contributed by atoms with Crippen molar-refractivity contribution in [2.45, 2.75) is 20.8 Å². The molecule has 0 aliphatic rings. The maximum absolute atomic E-state index is 5.00. The van der Waals surface area contributed by atoms with Crippen molar-refractivity contribution in [3.05, 3.63) is 47.3 Å². The summed E-state index contributed by atoms with van der Waals surface area (Å²) in [6.45, 7) is 5.91. The van der Waals surface area contributed by atoms with Crippen LogP contribution in [0.2, 0.25) is 0 Å². The van der Waals surface area contributed by atoms with E-state index in [0.717, 1.165) is 11.4 Å². The normalized spacial score (nSPS) is 10.5. The van der Waals surface area contributed by atoms with Crippen molar-refractivity contribution in [1.29, 1.82) is 0 Å². The van der Waals surface area contributed by atoms with Gasteiger partial charge in [-0.25, -0.2) is 0 Å². The maximum atomic E-state index is 5.00. The number of benzene rings is 1. The van der Waals surface area contributed by atoms with Gasteiger partial charge in [0.25, 0.3) is 0 Å². The van der Waals surface area contributed by atoms with E-state index in [1.807, 2.05) is 32.9 Å². The maximum Gasteiger partial charge on any atom is 0.249 e. The number of anilines is 4. The Morgan fingerprint density at radius 1 is 0.909 bits per heavy atom. The fraction of sp³-hybridized carbons (Fsp3) is 0.200. The fourth-order valence-corrected chi connectivity index (χ4v) is 2.15. The monoisotopic (exact) mass is 296 g/mol. The molecular formula is C15H16N6O. The van der Waals surface area contributed by atoms with Gasteiger partial charge in [-0.2, -0.15) is 10.1 Å². The number of aryl methyl sites for hydroxylation is 3. The van der Waals surface area contributed by atoms with E-state index in [1.165, 1.54) is 17.3 Å². The lowest BCUT2D eigenvalue weighted by atomic mass is 10.1. The minimum absolute atomic E-state index is 0.412. The highest BCUT2D eigenvalue weighted by atomic mass is 16.5. The molecule has 2 aromatic heterocycles. The second-order valence-corrected chi connectivity index (χ2v) is 5.11. The summed E-state index contributed by atoms with van der Waals surface area (Å²) in [5.41, 5.74) is 3.26. The van der Waals surface area contributed by atoms with Crippen molar-refractivity contribution in [1.82, 2.24) is 20.3 Å². The van der Waals surface area contributed by atoms with Gasteiger partial charge in [0, 0.05) is 11.8 Å². The molecule has 2 N–H and O–H groups in total. The van der Waals surface area contributed by atoms with Crippen LogP contribution in [-0.2, 0) is 0 Å². The number of rotatable bonds is 4. The number of hydrogen-bond donors (Lipinski definition) is 2. The van der Waals surface area contributed by atoms with Crippen molar-refractivity contribution >= 4 is 23.3 Å². The Kier molecular flexibility index (Phi) is 3.69. The SMILES string of the molecule is Cc1cc(C)cc(Nc2nncc(Nc3cc(C)on3)n2)c1. The summed E-state index contributed by atoms with van der Waals surface area (Å²) >= 11 is 0. The molecule has 0 spiro atoms. The molecule has 0 aliphatic carbocycles. The summed E-state index contributed by atoms with van der Waals surface area (Å²) in [7, 11) is 0. The second kappa shape index (κ2) is 5.80. The quantitative estimate of drug-likeness (QED) is 0.763. The van der Waals surface area contributed by atoms with Gasteiger partial charge in [-0.1, -0.05) is 11.2 Å². The topological polar surface area (TPSA) is 88.8 Å². The summed E-state index contributed by atoms with van der Waals surface area (Å²) in [5, 5.41) is 17.9. The first kappa shape index (κ1) is 14.0. The van der Waals surface area contributed by atoms with Crippen LogP contribution in [0.15, 0.2) is 35.0 Å². The molecule has 0 unspecified atom stereocenters. The van der Waals surface area contributed by atoms with E-state index in [4.69, 9.17) is 4.52 Å². The lowest BCUT2D eigenvalue weighted by Crippen LogP contribution is -2.02. The average Bonchev–Trinajstić information content (AvgIpc) is 2.83. The predicted octanol–water partition coefficient (Wildman–Crippen LogP) is 3.27. The Morgan fingerprint density at radius 2 is 1.68 bits per heavy atom. The molecule has 0 amide bonds. The molecule has 7 heteroatoms. The molecule has 1 aromatic carbocycles. The number of nitrogens with zero attached hydrogens (tertiary/aromatic N) is 4. The first-order chi connectivity index (χ1) is 10.6. The molecule has 0 atom stereocenters. The van der Waals surface area contributed by atoms with Crippen LogP contribution < -0.4 is 10.6 Å². The van der Waals surface area contributed by atoms with Crippen molar-refractivity contribution in [2.24, 2.45) is 0 Å². The third-order valence-corrected chi connectivity index (χ3v) is 2.92. The molecule has 7 nitrogen and oxygen atoms in total. The first-order valence-electron chi connectivity index (χ1n) is 6.84. The molecule has 3 rings (SSSR count).